The third kappa shape index (κ3) is 5.14. The summed E-state index contributed by atoms with van der Waals surface area (Å²) in [5, 5.41) is 0. The molecule has 0 aromatic heterocycles. The Hall–Kier alpha value is 0.330. The number of carbonyl (C=O) groups excluding carboxylic acids is 1. The van der Waals surface area contributed by atoms with Crippen molar-refractivity contribution in [3.63, 3.8) is 0 Å². The lowest BCUT2D eigenvalue weighted by atomic mass is 10.5. The Morgan fingerprint density at radius 3 is 1.90 bits per heavy atom. The fourth-order valence-corrected chi connectivity index (χ4v) is 0.504. The fourth-order valence-electron chi connectivity index (χ4n) is 0.277. The third-order valence-corrected chi connectivity index (χ3v) is 1.13. The van der Waals surface area contributed by atoms with Crippen LogP contribution in [-0.2, 0) is 4.79 Å². The molecule has 0 heterocycles. The lowest BCUT2D eigenvalue weighted by Gasteiger charge is -2.17. The maximum atomic E-state index is 10.9. The molecule has 2 nitrogen and oxygen atoms in total. The predicted molar refractivity (Wildman–Crippen MR) is 41.1 cm³/mol. The van der Waals surface area contributed by atoms with Crippen molar-refractivity contribution in [2.24, 2.45) is 0 Å². The van der Waals surface area contributed by atoms with Crippen LogP contribution in [-0.4, -0.2) is 31.5 Å². The molecule has 10 heavy (non-hydrogen) atoms. The van der Waals surface area contributed by atoms with Crippen molar-refractivity contribution in [2.75, 3.05) is 21.1 Å². The molecule has 60 valence electrons. The number of amides is 1. The number of nitrogens with zero attached hydrogens (tertiary/aromatic N) is 1. The maximum Gasteiger partial charge on any atom is 0.338 e. The minimum atomic E-state index is 0. The Kier molecular flexibility index (Phi) is 6.54. The number of rotatable bonds is 1. The van der Waals surface area contributed by atoms with E-state index in [9.17, 15) is 4.79 Å². The summed E-state index contributed by atoms with van der Waals surface area (Å²) >= 11 is 3.03. The van der Waals surface area contributed by atoms with Crippen molar-refractivity contribution in [3.05, 3.63) is 11.1 Å². The number of quaternary nitrogens is 1. The molecule has 0 radical (unpaired) electrons. The summed E-state index contributed by atoms with van der Waals surface area (Å²) in [6.45, 7) is 0. The molecule has 4 heteroatoms. The molecule has 0 saturated carbocycles. The SMILES string of the molecule is C[N+](C)(C)C(=O)C=CBr.[Br-]. The molecule has 0 saturated heterocycles. The van der Waals surface area contributed by atoms with Gasteiger partial charge in [0.25, 0.3) is 0 Å². The maximum absolute atomic E-state index is 10.9. The molecule has 0 bridgehead atoms. The lowest BCUT2D eigenvalue weighted by Crippen LogP contribution is -3.00. The van der Waals surface area contributed by atoms with Gasteiger partial charge in [0.15, 0.2) is 0 Å². The second-order valence-electron chi connectivity index (χ2n) is 2.64. The first-order valence-corrected chi connectivity index (χ1v) is 3.53. The van der Waals surface area contributed by atoms with Crippen LogP contribution in [0.4, 0.5) is 0 Å². The molecule has 1 amide bonds. The average molecular weight is 273 g/mol. The fraction of sp³-hybridized carbons (Fsp3) is 0.500. The largest absolute Gasteiger partial charge is 1.00 e. The Balaban J connectivity index is 0. The molecular weight excluding hydrogens is 262 g/mol. The second kappa shape index (κ2) is 5.04. The number of hydrogen-bond donors (Lipinski definition) is 0. The van der Waals surface area contributed by atoms with Crippen LogP contribution < -0.4 is 17.0 Å². The molecule has 0 aliphatic heterocycles. The summed E-state index contributed by atoms with van der Waals surface area (Å²) in [6, 6.07) is 0. The van der Waals surface area contributed by atoms with E-state index >= 15 is 0 Å². The number of carbonyl (C=O) groups is 1. The monoisotopic (exact) mass is 271 g/mol. The summed E-state index contributed by atoms with van der Waals surface area (Å²) in [7, 11) is 5.49. The molecule has 0 unspecified atom stereocenters. The first-order valence-electron chi connectivity index (χ1n) is 2.61. The van der Waals surface area contributed by atoms with Crippen molar-refractivity contribution >= 4 is 21.8 Å². The van der Waals surface area contributed by atoms with Gasteiger partial charge in [0.05, 0.1) is 21.1 Å². The molecular formula is C6H11Br2NO. The van der Waals surface area contributed by atoms with E-state index in [-0.39, 0.29) is 22.9 Å². The van der Waals surface area contributed by atoms with Crippen LogP contribution in [0.15, 0.2) is 11.1 Å². The molecule has 0 atom stereocenters. The molecule has 0 fully saturated rings. The highest BCUT2D eigenvalue weighted by Crippen LogP contribution is 1.94. The molecule has 0 aromatic rings. The predicted octanol–water partition coefficient (Wildman–Crippen LogP) is -1.87. The van der Waals surface area contributed by atoms with Crippen molar-refractivity contribution in [2.45, 2.75) is 0 Å². The Morgan fingerprint density at radius 1 is 1.40 bits per heavy atom. The van der Waals surface area contributed by atoms with Gasteiger partial charge in [-0.3, -0.25) is 4.48 Å². The number of likely N-dealkylation sites (N-methyl/N-ethyl adjacent to an activating group) is 1. The molecule has 0 rings (SSSR count). The van der Waals surface area contributed by atoms with Gasteiger partial charge in [-0.05, 0) is 4.99 Å². The van der Waals surface area contributed by atoms with Crippen LogP contribution in [0.25, 0.3) is 0 Å². The van der Waals surface area contributed by atoms with E-state index < -0.39 is 0 Å². The molecule has 0 spiro atoms. The number of hydrogen-bond acceptors (Lipinski definition) is 1. The number of halogens is 2. The van der Waals surface area contributed by atoms with Gasteiger partial charge in [-0.1, -0.05) is 15.9 Å². The standard InChI is InChI=1S/C6H11BrNO.BrH/c1-8(2,3)6(9)4-5-7;/h4-5H,1-3H3;1H/q+1;/p-1. The van der Waals surface area contributed by atoms with Crippen LogP contribution >= 0.6 is 15.9 Å². The van der Waals surface area contributed by atoms with E-state index in [0.29, 0.717) is 4.48 Å². The zero-order valence-electron chi connectivity index (χ0n) is 6.27. The van der Waals surface area contributed by atoms with Crippen LogP contribution in [0, 0.1) is 0 Å². The second-order valence-corrected chi connectivity index (χ2v) is 3.17. The van der Waals surface area contributed by atoms with E-state index in [4.69, 9.17) is 0 Å². The van der Waals surface area contributed by atoms with Crippen molar-refractivity contribution in [3.8, 4) is 0 Å². The van der Waals surface area contributed by atoms with Gasteiger partial charge in [0.2, 0.25) is 0 Å². The van der Waals surface area contributed by atoms with Crippen LogP contribution in [0.5, 0.6) is 0 Å². The van der Waals surface area contributed by atoms with Crippen LogP contribution in [0.3, 0.4) is 0 Å². The summed E-state index contributed by atoms with van der Waals surface area (Å²) in [5.41, 5.74) is 0. The summed E-state index contributed by atoms with van der Waals surface area (Å²) in [5.74, 6) is 0.0758. The highest BCUT2D eigenvalue weighted by atomic mass is 79.9. The van der Waals surface area contributed by atoms with Crippen LogP contribution in [0.1, 0.15) is 0 Å². The highest BCUT2D eigenvalue weighted by molar-refractivity contribution is 9.11. The Bertz CT molecular complexity index is 137. The van der Waals surface area contributed by atoms with Crippen molar-refractivity contribution < 1.29 is 26.3 Å². The summed E-state index contributed by atoms with van der Waals surface area (Å²) < 4.78 is 0.335. The first-order chi connectivity index (χ1) is 3.98. The van der Waals surface area contributed by atoms with Gasteiger partial charge < -0.3 is 17.0 Å². The lowest BCUT2D eigenvalue weighted by molar-refractivity contribution is -0.789. The summed E-state index contributed by atoms with van der Waals surface area (Å²) in [6.07, 6.45) is 1.50. The molecule has 0 N–H and O–H groups in total. The zero-order valence-corrected chi connectivity index (χ0v) is 9.44. The Morgan fingerprint density at radius 2 is 1.80 bits per heavy atom. The van der Waals surface area contributed by atoms with E-state index in [1.54, 1.807) is 4.99 Å². The van der Waals surface area contributed by atoms with Gasteiger partial charge in [-0.25, -0.2) is 4.79 Å². The summed E-state index contributed by atoms with van der Waals surface area (Å²) in [4.78, 5) is 12.5. The quantitative estimate of drug-likeness (QED) is 0.404. The molecule has 0 aromatic carbocycles. The molecule has 0 aliphatic carbocycles. The van der Waals surface area contributed by atoms with Crippen molar-refractivity contribution in [1.82, 2.24) is 0 Å². The Labute approximate surface area is 80.4 Å². The molecule has 0 aliphatic rings. The minimum Gasteiger partial charge on any atom is -1.00 e. The smallest absolute Gasteiger partial charge is 0.338 e. The zero-order chi connectivity index (χ0) is 7.49. The normalized spacial score (nSPS) is 11.2. The minimum absolute atomic E-state index is 0. The third-order valence-electron chi connectivity index (χ3n) is 0.867. The van der Waals surface area contributed by atoms with Gasteiger partial charge in [-0.15, -0.1) is 0 Å². The van der Waals surface area contributed by atoms with E-state index in [2.05, 4.69) is 15.9 Å². The van der Waals surface area contributed by atoms with Crippen molar-refractivity contribution in [1.29, 1.82) is 0 Å². The van der Waals surface area contributed by atoms with Gasteiger partial charge in [0.1, 0.15) is 0 Å². The highest BCUT2D eigenvalue weighted by Gasteiger charge is 2.15. The average Bonchev–Trinajstić information content (AvgIpc) is 1.64. The first kappa shape index (κ1) is 13.0. The van der Waals surface area contributed by atoms with E-state index in [1.165, 1.54) is 6.08 Å². The van der Waals surface area contributed by atoms with Gasteiger partial charge in [0, 0.05) is 6.08 Å². The van der Waals surface area contributed by atoms with Crippen LogP contribution in [0.2, 0.25) is 0 Å². The van der Waals surface area contributed by atoms with Gasteiger partial charge >= 0.3 is 5.91 Å². The van der Waals surface area contributed by atoms with E-state index in [1.807, 2.05) is 21.1 Å². The van der Waals surface area contributed by atoms with E-state index in [0.717, 1.165) is 0 Å². The topological polar surface area (TPSA) is 17.1 Å². The van der Waals surface area contributed by atoms with Gasteiger partial charge in [-0.2, -0.15) is 0 Å².